The predicted octanol–water partition coefficient (Wildman–Crippen LogP) is 2.06. The molecule has 1 fully saturated rings. The number of rotatable bonds is 3. The summed E-state index contributed by atoms with van der Waals surface area (Å²) in [5.41, 5.74) is 0.376. The van der Waals surface area contributed by atoms with Crippen LogP contribution in [0.2, 0.25) is 0 Å². The fourth-order valence-corrected chi connectivity index (χ4v) is 2.53. The highest BCUT2D eigenvalue weighted by Crippen LogP contribution is 2.19. The van der Waals surface area contributed by atoms with Crippen molar-refractivity contribution in [3.8, 4) is 5.75 Å². The van der Waals surface area contributed by atoms with Gasteiger partial charge in [-0.1, -0.05) is 34.6 Å². The van der Waals surface area contributed by atoms with Crippen molar-refractivity contribution in [2.75, 3.05) is 32.7 Å². The van der Waals surface area contributed by atoms with E-state index in [1.807, 2.05) is 0 Å². The van der Waals surface area contributed by atoms with Crippen molar-refractivity contribution < 1.29 is 9.90 Å². The zero-order valence-electron chi connectivity index (χ0n) is 10.7. The van der Waals surface area contributed by atoms with Crippen LogP contribution in [0.1, 0.15) is 10.4 Å². The van der Waals surface area contributed by atoms with E-state index >= 15 is 0 Å². The van der Waals surface area contributed by atoms with Crippen LogP contribution in [0.4, 0.5) is 0 Å². The Bertz CT molecular complexity index is 482. The van der Waals surface area contributed by atoms with Crippen molar-refractivity contribution in [1.29, 1.82) is 0 Å². The largest absolute Gasteiger partial charge is 0.507 e. The number of carbonyl (C=O) groups excluding carboxylic acids is 1. The van der Waals surface area contributed by atoms with Crippen molar-refractivity contribution in [1.82, 2.24) is 9.80 Å². The van der Waals surface area contributed by atoms with Crippen LogP contribution >= 0.6 is 15.9 Å². The Hall–Kier alpha value is -1.33. The Balaban J connectivity index is 1.96. The highest BCUT2D eigenvalue weighted by molar-refractivity contribution is 9.11. The van der Waals surface area contributed by atoms with E-state index in [9.17, 15) is 9.90 Å². The molecular weight excluding hydrogens is 308 g/mol. The first kappa shape index (κ1) is 14.1. The maximum absolute atomic E-state index is 12.3. The number of phenols is 1. The number of amides is 1. The van der Waals surface area contributed by atoms with Gasteiger partial charge in [-0.25, -0.2) is 0 Å². The molecule has 0 radical (unpaired) electrons. The van der Waals surface area contributed by atoms with Gasteiger partial charge in [-0.2, -0.15) is 0 Å². The molecule has 4 nitrogen and oxygen atoms in total. The number of piperazine rings is 1. The minimum Gasteiger partial charge on any atom is -0.507 e. The van der Waals surface area contributed by atoms with Crippen LogP contribution < -0.4 is 0 Å². The fraction of sp³-hybridized carbons (Fsp3) is 0.357. The number of hydrogen-bond donors (Lipinski definition) is 1. The van der Waals surface area contributed by atoms with Crippen molar-refractivity contribution in [2.24, 2.45) is 0 Å². The molecule has 0 unspecified atom stereocenters. The van der Waals surface area contributed by atoms with Crippen LogP contribution in [-0.4, -0.2) is 53.5 Å². The molecule has 1 aromatic carbocycles. The average Bonchev–Trinajstić information content (AvgIpc) is 2.39. The second kappa shape index (κ2) is 6.21. The Labute approximate surface area is 121 Å². The molecule has 1 amide bonds. The predicted molar refractivity (Wildman–Crippen MR) is 78.5 cm³/mol. The van der Waals surface area contributed by atoms with Crippen molar-refractivity contribution in [3.05, 3.63) is 40.9 Å². The van der Waals surface area contributed by atoms with Crippen LogP contribution in [0.3, 0.4) is 0 Å². The van der Waals surface area contributed by atoms with E-state index in [0.717, 1.165) is 24.1 Å². The number of aromatic hydroxyl groups is 1. The lowest BCUT2D eigenvalue weighted by atomic mass is 10.1. The average molecular weight is 325 g/mol. The molecular formula is C14H17BrN2O2. The Morgan fingerprint density at radius 2 is 1.89 bits per heavy atom. The minimum absolute atomic E-state index is 0.0452. The molecule has 1 aliphatic heterocycles. The number of halogens is 1. The monoisotopic (exact) mass is 324 g/mol. The first-order chi connectivity index (χ1) is 9.08. The van der Waals surface area contributed by atoms with E-state index < -0.39 is 0 Å². The van der Waals surface area contributed by atoms with Gasteiger partial charge in [0.15, 0.2) is 0 Å². The van der Waals surface area contributed by atoms with Gasteiger partial charge in [-0.05, 0) is 12.1 Å². The summed E-state index contributed by atoms with van der Waals surface area (Å²) in [6, 6.07) is 6.67. The second-order valence-electron chi connectivity index (χ2n) is 4.60. The molecule has 0 aromatic heterocycles. The lowest BCUT2D eigenvalue weighted by Gasteiger charge is -2.34. The first-order valence-corrected chi connectivity index (χ1v) is 7.00. The van der Waals surface area contributed by atoms with Gasteiger partial charge in [-0.15, -0.1) is 0 Å². The minimum atomic E-state index is -0.101. The van der Waals surface area contributed by atoms with Crippen LogP contribution in [-0.2, 0) is 0 Å². The SMILES string of the molecule is C=C(Br)CN1CCN(C(=O)c2ccccc2O)CC1. The zero-order valence-corrected chi connectivity index (χ0v) is 12.3. The lowest BCUT2D eigenvalue weighted by molar-refractivity contribution is 0.0647. The lowest BCUT2D eigenvalue weighted by Crippen LogP contribution is -2.48. The van der Waals surface area contributed by atoms with E-state index in [2.05, 4.69) is 27.4 Å². The fourth-order valence-electron chi connectivity index (χ4n) is 2.18. The topological polar surface area (TPSA) is 43.8 Å². The molecule has 1 heterocycles. The zero-order chi connectivity index (χ0) is 13.8. The molecule has 1 aromatic rings. The number of hydrogen-bond acceptors (Lipinski definition) is 3. The number of nitrogens with zero attached hydrogens (tertiary/aromatic N) is 2. The third-order valence-corrected chi connectivity index (χ3v) is 3.44. The molecule has 0 spiro atoms. The second-order valence-corrected chi connectivity index (χ2v) is 5.72. The molecule has 1 saturated heterocycles. The maximum Gasteiger partial charge on any atom is 0.257 e. The standard InChI is InChI=1S/C14H17BrN2O2/c1-11(15)10-16-6-8-17(9-7-16)14(19)12-4-2-3-5-13(12)18/h2-5,18H,1,6-10H2. The summed E-state index contributed by atoms with van der Waals surface area (Å²) in [5, 5.41) is 9.71. The number of carbonyl (C=O) groups is 1. The van der Waals surface area contributed by atoms with Gasteiger partial charge in [0.2, 0.25) is 0 Å². The highest BCUT2D eigenvalue weighted by Gasteiger charge is 2.23. The summed E-state index contributed by atoms with van der Waals surface area (Å²) in [7, 11) is 0. The van der Waals surface area contributed by atoms with Gasteiger partial charge in [0.1, 0.15) is 5.75 Å². The Kier molecular flexibility index (Phi) is 4.61. The molecule has 19 heavy (non-hydrogen) atoms. The van der Waals surface area contributed by atoms with E-state index in [1.54, 1.807) is 23.1 Å². The normalized spacial score (nSPS) is 16.4. The number of phenolic OH excluding ortho intramolecular Hbond substituents is 1. The van der Waals surface area contributed by atoms with Crippen molar-refractivity contribution in [2.45, 2.75) is 0 Å². The Morgan fingerprint density at radius 3 is 2.47 bits per heavy atom. The van der Waals surface area contributed by atoms with E-state index in [4.69, 9.17) is 0 Å². The van der Waals surface area contributed by atoms with Gasteiger partial charge < -0.3 is 10.0 Å². The third-order valence-electron chi connectivity index (χ3n) is 3.19. The van der Waals surface area contributed by atoms with Gasteiger partial charge in [-0.3, -0.25) is 9.69 Å². The first-order valence-electron chi connectivity index (χ1n) is 6.21. The Morgan fingerprint density at radius 1 is 1.26 bits per heavy atom. The number of para-hydroxylation sites is 1. The van der Waals surface area contributed by atoms with Crippen LogP contribution in [0.25, 0.3) is 0 Å². The third kappa shape index (κ3) is 3.58. The van der Waals surface area contributed by atoms with Gasteiger partial charge in [0, 0.05) is 37.2 Å². The molecule has 0 atom stereocenters. The van der Waals surface area contributed by atoms with Gasteiger partial charge in [0.05, 0.1) is 5.56 Å². The molecule has 0 aliphatic carbocycles. The van der Waals surface area contributed by atoms with Crippen molar-refractivity contribution in [3.63, 3.8) is 0 Å². The highest BCUT2D eigenvalue weighted by atomic mass is 79.9. The summed E-state index contributed by atoms with van der Waals surface area (Å²) >= 11 is 3.35. The molecule has 102 valence electrons. The molecule has 1 aliphatic rings. The summed E-state index contributed by atoms with van der Waals surface area (Å²) in [6.45, 7) is 7.62. The maximum atomic E-state index is 12.3. The van der Waals surface area contributed by atoms with E-state index in [-0.39, 0.29) is 11.7 Å². The van der Waals surface area contributed by atoms with Crippen LogP contribution in [0, 0.1) is 0 Å². The molecule has 2 rings (SSSR count). The van der Waals surface area contributed by atoms with Crippen molar-refractivity contribution >= 4 is 21.8 Å². The summed E-state index contributed by atoms with van der Waals surface area (Å²) < 4.78 is 0.952. The van der Waals surface area contributed by atoms with E-state index in [0.29, 0.717) is 18.7 Å². The number of benzene rings is 1. The summed E-state index contributed by atoms with van der Waals surface area (Å²) in [5.74, 6) is -0.0563. The van der Waals surface area contributed by atoms with Crippen LogP contribution in [0.5, 0.6) is 5.75 Å². The molecule has 1 N–H and O–H groups in total. The van der Waals surface area contributed by atoms with E-state index in [1.165, 1.54) is 6.07 Å². The molecule has 5 heteroatoms. The summed E-state index contributed by atoms with van der Waals surface area (Å²) in [4.78, 5) is 16.3. The van der Waals surface area contributed by atoms with Gasteiger partial charge >= 0.3 is 0 Å². The summed E-state index contributed by atoms with van der Waals surface area (Å²) in [6.07, 6.45) is 0. The smallest absolute Gasteiger partial charge is 0.257 e. The van der Waals surface area contributed by atoms with Crippen LogP contribution in [0.15, 0.2) is 35.3 Å². The molecule has 0 bridgehead atoms. The van der Waals surface area contributed by atoms with Gasteiger partial charge in [0.25, 0.3) is 5.91 Å². The quantitative estimate of drug-likeness (QED) is 0.925. The molecule has 0 saturated carbocycles.